The van der Waals surface area contributed by atoms with E-state index < -0.39 is 5.97 Å². The van der Waals surface area contributed by atoms with Crippen molar-refractivity contribution < 1.29 is 24.2 Å². The van der Waals surface area contributed by atoms with Gasteiger partial charge in [0, 0.05) is 12.5 Å². The summed E-state index contributed by atoms with van der Waals surface area (Å²) in [6.45, 7) is 1.36. The Bertz CT molecular complexity index is 707. The molecule has 0 bridgehead atoms. The van der Waals surface area contributed by atoms with Crippen LogP contribution in [0.15, 0.2) is 18.2 Å². The number of thiazole rings is 1. The molecule has 7 heteroatoms. The second kappa shape index (κ2) is 5.92. The van der Waals surface area contributed by atoms with Gasteiger partial charge in [-0.25, -0.2) is 9.78 Å². The Labute approximate surface area is 125 Å². The van der Waals surface area contributed by atoms with E-state index in [0.717, 1.165) is 11.3 Å². The number of aromatic nitrogens is 1. The number of ether oxygens (including phenoxy) is 2. The van der Waals surface area contributed by atoms with Crippen molar-refractivity contribution in [1.82, 2.24) is 4.98 Å². The van der Waals surface area contributed by atoms with Crippen LogP contribution in [0.5, 0.6) is 11.5 Å². The van der Waals surface area contributed by atoms with E-state index in [1.165, 1.54) is 27.2 Å². The number of carbonyl (C=O) groups excluding carboxylic acids is 2. The number of aromatic hydroxyl groups is 1. The average Bonchev–Trinajstić information content (AvgIpc) is 2.92. The zero-order chi connectivity index (χ0) is 15.6. The minimum absolute atomic E-state index is 0.00205. The number of rotatable bonds is 4. The fourth-order valence-corrected chi connectivity index (χ4v) is 2.67. The van der Waals surface area contributed by atoms with Crippen LogP contribution in [-0.4, -0.2) is 36.1 Å². The van der Waals surface area contributed by atoms with E-state index >= 15 is 0 Å². The minimum Gasteiger partial charge on any atom is -0.504 e. The molecule has 0 aliphatic rings. The number of hydrogen-bond donors (Lipinski definition) is 1. The van der Waals surface area contributed by atoms with E-state index in [2.05, 4.69) is 9.72 Å². The third-order valence-electron chi connectivity index (χ3n) is 2.75. The number of ketones is 1. The summed E-state index contributed by atoms with van der Waals surface area (Å²) in [5, 5.41) is 10.1. The van der Waals surface area contributed by atoms with E-state index in [0.29, 0.717) is 10.6 Å². The van der Waals surface area contributed by atoms with Gasteiger partial charge in [0.2, 0.25) is 0 Å². The van der Waals surface area contributed by atoms with Crippen molar-refractivity contribution >= 4 is 23.1 Å². The van der Waals surface area contributed by atoms with Gasteiger partial charge in [0.05, 0.1) is 14.2 Å². The lowest BCUT2D eigenvalue weighted by Crippen LogP contribution is -2.06. The fourth-order valence-electron chi connectivity index (χ4n) is 1.73. The van der Waals surface area contributed by atoms with Crippen LogP contribution < -0.4 is 4.74 Å². The molecule has 110 valence electrons. The first kappa shape index (κ1) is 15.0. The first-order valence-corrected chi connectivity index (χ1v) is 6.77. The summed E-state index contributed by atoms with van der Waals surface area (Å²) < 4.78 is 9.66. The van der Waals surface area contributed by atoms with Crippen molar-refractivity contribution in [3.8, 4) is 22.1 Å². The second-order valence-corrected chi connectivity index (χ2v) is 5.13. The van der Waals surface area contributed by atoms with Crippen LogP contribution in [0.3, 0.4) is 0 Å². The first-order chi connectivity index (χ1) is 9.97. The van der Waals surface area contributed by atoms with Crippen molar-refractivity contribution in [1.29, 1.82) is 0 Å². The lowest BCUT2D eigenvalue weighted by atomic mass is 10.2. The summed E-state index contributed by atoms with van der Waals surface area (Å²) in [7, 11) is 2.66. The molecule has 0 saturated carbocycles. The predicted octanol–water partition coefficient (Wildman–Crippen LogP) is 2.51. The van der Waals surface area contributed by atoms with E-state index in [1.54, 1.807) is 12.1 Å². The van der Waals surface area contributed by atoms with Gasteiger partial charge >= 0.3 is 5.97 Å². The van der Waals surface area contributed by atoms with Gasteiger partial charge < -0.3 is 14.6 Å². The van der Waals surface area contributed by atoms with Crippen LogP contribution in [0.4, 0.5) is 0 Å². The van der Waals surface area contributed by atoms with Crippen molar-refractivity contribution in [2.75, 3.05) is 14.2 Å². The van der Waals surface area contributed by atoms with E-state index in [1.807, 2.05) is 0 Å². The molecule has 6 nitrogen and oxygen atoms in total. The average molecular weight is 307 g/mol. The maximum atomic E-state index is 11.7. The lowest BCUT2D eigenvalue weighted by Gasteiger charge is -2.04. The van der Waals surface area contributed by atoms with Crippen molar-refractivity contribution in [2.24, 2.45) is 0 Å². The summed E-state index contributed by atoms with van der Waals surface area (Å²) in [5.74, 6) is -0.636. The molecular formula is C14H13NO5S. The topological polar surface area (TPSA) is 85.7 Å². The number of nitrogens with zero attached hydrogens (tertiary/aromatic N) is 1. The Balaban J connectivity index is 2.55. The molecule has 0 aliphatic carbocycles. The number of esters is 1. The third kappa shape index (κ3) is 2.87. The molecule has 0 amide bonds. The summed E-state index contributed by atoms with van der Waals surface area (Å²) >= 11 is 1.09. The number of Topliss-reactive ketones (excluding diaryl/α,β-unsaturated/α-hetero) is 1. The highest BCUT2D eigenvalue weighted by molar-refractivity contribution is 7.17. The highest BCUT2D eigenvalue weighted by Gasteiger charge is 2.22. The number of benzene rings is 1. The van der Waals surface area contributed by atoms with Gasteiger partial charge in [-0.05, 0) is 18.2 Å². The van der Waals surface area contributed by atoms with Gasteiger partial charge in [0.15, 0.2) is 23.0 Å². The van der Waals surface area contributed by atoms with Crippen LogP contribution in [0.1, 0.15) is 27.1 Å². The van der Waals surface area contributed by atoms with Gasteiger partial charge in [0.25, 0.3) is 0 Å². The molecule has 0 atom stereocenters. The third-order valence-corrected chi connectivity index (χ3v) is 3.96. The monoisotopic (exact) mass is 307 g/mol. The van der Waals surface area contributed by atoms with Crippen molar-refractivity contribution in [2.45, 2.75) is 6.92 Å². The number of phenolic OH excluding ortho intramolecular Hbond substituents is 1. The smallest absolute Gasteiger partial charge is 0.358 e. The molecule has 0 radical (unpaired) electrons. The molecule has 0 aliphatic heterocycles. The number of methoxy groups -OCH3 is 2. The summed E-state index contributed by atoms with van der Waals surface area (Å²) in [6, 6.07) is 4.67. The van der Waals surface area contributed by atoms with Crippen LogP contribution in [0.2, 0.25) is 0 Å². The van der Waals surface area contributed by atoms with E-state index in [4.69, 9.17) is 4.74 Å². The normalized spacial score (nSPS) is 10.2. The zero-order valence-corrected chi connectivity index (χ0v) is 12.5. The standard InChI is InChI=1S/C14H13NO5S/c1-7(16)12-11(14(18)20-3)15-13(21-12)8-4-5-9(17)10(6-8)19-2/h4-6,17H,1-3H3. The van der Waals surface area contributed by atoms with Crippen LogP contribution >= 0.6 is 11.3 Å². The summed E-state index contributed by atoms with van der Waals surface area (Å²) in [6.07, 6.45) is 0. The highest BCUT2D eigenvalue weighted by Crippen LogP contribution is 2.34. The SMILES string of the molecule is COC(=O)c1nc(-c2ccc(O)c(OC)c2)sc1C(C)=O. The van der Waals surface area contributed by atoms with Crippen LogP contribution in [-0.2, 0) is 4.74 Å². The molecule has 1 aromatic heterocycles. The van der Waals surface area contributed by atoms with Gasteiger partial charge in [0.1, 0.15) is 9.88 Å². The van der Waals surface area contributed by atoms with Gasteiger partial charge in [-0.15, -0.1) is 11.3 Å². The quantitative estimate of drug-likeness (QED) is 0.690. The lowest BCUT2D eigenvalue weighted by molar-refractivity contribution is 0.0591. The molecule has 1 heterocycles. The molecule has 1 aromatic carbocycles. The zero-order valence-electron chi connectivity index (χ0n) is 11.7. The van der Waals surface area contributed by atoms with E-state index in [-0.39, 0.29) is 27.9 Å². The van der Waals surface area contributed by atoms with Gasteiger partial charge in [-0.3, -0.25) is 4.79 Å². The van der Waals surface area contributed by atoms with E-state index in [9.17, 15) is 14.7 Å². The summed E-state index contributed by atoms with van der Waals surface area (Å²) in [5.41, 5.74) is 0.629. The summed E-state index contributed by atoms with van der Waals surface area (Å²) in [4.78, 5) is 27.7. The Kier molecular flexibility index (Phi) is 4.23. The number of phenols is 1. The Hall–Kier alpha value is -2.41. The molecular weight excluding hydrogens is 294 g/mol. The largest absolute Gasteiger partial charge is 0.504 e. The van der Waals surface area contributed by atoms with Crippen molar-refractivity contribution in [3.05, 3.63) is 28.8 Å². The highest BCUT2D eigenvalue weighted by atomic mass is 32.1. The van der Waals surface area contributed by atoms with Gasteiger partial charge in [-0.1, -0.05) is 0 Å². The first-order valence-electron chi connectivity index (χ1n) is 5.95. The van der Waals surface area contributed by atoms with Crippen LogP contribution in [0.25, 0.3) is 10.6 Å². The Morgan fingerprint density at radius 3 is 2.57 bits per heavy atom. The maximum Gasteiger partial charge on any atom is 0.358 e. The number of hydrogen-bond acceptors (Lipinski definition) is 7. The van der Waals surface area contributed by atoms with Crippen LogP contribution in [0, 0.1) is 0 Å². The Morgan fingerprint density at radius 1 is 1.29 bits per heavy atom. The molecule has 2 aromatic rings. The molecule has 0 saturated heterocycles. The number of carbonyl (C=O) groups is 2. The Morgan fingerprint density at radius 2 is 2.00 bits per heavy atom. The fraction of sp³-hybridized carbons (Fsp3) is 0.214. The van der Waals surface area contributed by atoms with Gasteiger partial charge in [-0.2, -0.15) is 0 Å². The maximum absolute atomic E-state index is 11.7. The minimum atomic E-state index is -0.659. The molecule has 0 fully saturated rings. The molecule has 0 unspecified atom stereocenters. The van der Waals surface area contributed by atoms with Crippen molar-refractivity contribution in [3.63, 3.8) is 0 Å². The second-order valence-electron chi connectivity index (χ2n) is 4.13. The molecule has 1 N–H and O–H groups in total. The molecule has 2 rings (SSSR count). The predicted molar refractivity (Wildman–Crippen MR) is 77.1 cm³/mol. The molecule has 21 heavy (non-hydrogen) atoms. The molecule has 0 spiro atoms.